The Morgan fingerprint density at radius 2 is 1.76 bits per heavy atom. The third-order valence-electron chi connectivity index (χ3n) is 2.46. The average molecular weight is 249 g/mol. The highest BCUT2D eigenvalue weighted by Gasteiger charge is 2.50. The van der Waals surface area contributed by atoms with E-state index in [0.29, 0.717) is 19.4 Å². The highest BCUT2D eigenvalue weighted by molar-refractivity contribution is 5.92. The minimum atomic E-state index is -5.01. The maximum absolute atomic E-state index is 12.2. The van der Waals surface area contributed by atoms with Crippen molar-refractivity contribution in [2.24, 2.45) is 11.1 Å². The average Bonchev–Trinajstić information content (AvgIpc) is 2.26. The molecule has 0 saturated heterocycles. The number of nitrogens with two attached hydrogens (primary N) is 1. The number of hydrogen-bond donors (Lipinski definition) is 1. The van der Waals surface area contributed by atoms with Gasteiger partial charge in [0.1, 0.15) is 5.41 Å². The van der Waals surface area contributed by atoms with E-state index in [9.17, 15) is 18.0 Å². The van der Waals surface area contributed by atoms with E-state index >= 15 is 0 Å². The summed E-state index contributed by atoms with van der Waals surface area (Å²) in [7, 11) is 0. The highest BCUT2D eigenvalue weighted by atomic mass is 19.4. The molecule has 0 aliphatic heterocycles. The fourth-order valence-corrected chi connectivity index (χ4v) is 1.42. The van der Waals surface area contributed by atoms with Gasteiger partial charge in [-0.3, -0.25) is 4.79 Å². The zero-order chi connectivity index (χ0) is 13.5. The van der Waals surface area contributed by atoms with Gasteiger partial charge in [-0.25, -0.2) is 0 Å². The van der Waals surface area contributed by atoms with Gasteiger partial charge in [0.05, 0.1) is 6.07 Å². The summed E-state index contributed by atoms with van der Waals surface area (Å²) in [5.41, 5.74) is 3.05. The first kappa shape index (κ1) is 15.9. The van der Waals surface area contributed by atoms with Crippen molar-refractivity contribution >= 4 is 5.78 Å². The molecule has 0 saturated carbocycles. The van der Waals surface area contributed by atoms with Gasteiger partial charge >= 0.3 is 6.18 Å². The zero-order valence-electron chi connectivity index (χ0n) is 9.52. The predicted octanol–water partition coefficient (Wildman–Crippen LogP) is 2.37. The molecule has 2 N–H and O–H groups in total. The summed E-state index contributed by atoms with van der Waals surface area (Å²) in [4.78, 5) is 11.0. The molecule has 1 unspecified atom stereocenters. The van der Waals surface area contributed by atoms with Crippen molar-refractivity contribution in [3.63, 3.8) is 0 Å². The molecule has 0 aromatic heterocycles. The molecule has 1 atom stereocenters. The lowest BCUT2D eigenvalue weighted by atomic mass is 9.81. The second kappa shape index (κ2) is 6.60. The minimum Gasteiger partial charge on any atom is -0.330 e. The normalized spacial score (nSPS) is 15.1. The van der Waals surface area contributed by atoms with Crippen LogP contribution < -0.4 is 5.73 Å². The van der Waals surface area contributed by atoms with Gasteiger partial charge in [-0.05, 0) is 26.3 Å². The Bertz CT molecular complexity index is 296. The lowest BCUT2D eigenvalue weighted by molar-refractivity contribution is -0.177. The molecule has 0 fully saturated rings. The van der Waals surface area contributed by atoms with Crippen molar-refractivity contribution in [2.45, 2.75) is 38.3 Å². The largest absolute Gasteiger partial charge is 0.451 e. The Morgan fingerprint density at radius 1 is 1.24 bits per heavy atom. The summed E-state index contributed by atoms with van der Waals surface area (Å²) < 4.78 is 36.6. The maximum Gasteiger partial charge on any atom is 0.451 e. The fourth-order valence-electron chi connectivity index (χ4n) is 1.42. The van der Waals surface area contributed by atoms with Crippen LogP contribution in [0.3, 0.4) is 0 Å². The number of hydrogen-bond acceptors (Lipinski definition) is 3. The van der Waals surface area contributed by atoms with E-state index < -0.39 is 17.4 Å². The molecule has 0 aliphatic carbocycles. The van der Waals surface area contributed by atoms with Gasteiger partial charge in [0.2, 0.25) is 0 Å². The van der Waals surface area contributed by atoms with Gasteiger partial charge in [0, 0.05) is 0 Å². The summed E-state index contributed by atoms with van der Waals surface area (Å²) >= 11 is 0. The summed E-state index contributed by atoms with van der Waals surface area (Å²) in [6.45, 7) is 3.64. The van der Waals surface area contributed by atoms with Crippen molar-refractivity contribution < 1.29 is 18.0 Å². The van der Waals surface area contributed by atoms with Crippen molar-refractivity contribution in [3.8, 4) is 6.07 Å². The number of ketones is 1. The minimum absolute atomic E-state index is 0.174. The summed E-state index contributed by atoms with van der Waals surface area (Å²) in [6, 6.07) is 1.37. The van der Waals surface area contributed by atoms with E-state index in [-0.39, 0.29) is 6.42 Å². The predicted molar refractivity (Wildman–Crippen MR) is 56.6 cm³/mol. The van der Waals surface area contributed by atoms with E-state index in [4.69, 9.17) is 11.0 Å². The Morgan fingerprint density at radius 3 is 2.18 bits per heavy atom. The van der Waals surface area contributed by atoms with Crippen LogP contribution in [0.2, 0.25) is 0 Å². The SMILES string of the molecule is [CH2]C(C#N)(CCCCCCN)C(=O)C(F)(F)F. The summed E-state index contributed by atoms with van der Waals surface area (Å²) in [5.74, 6) is -2.06. The number of nitriles is 1. The number of nitrogens with zero attached hydrogens (tertiary/aromatic N) is 1. The lowest BCUT2D eigenvalue weighted by Crippen LogP contribution is -2.38. The van der Waals surface area contributed by atoms with Crippen LogP contribution in [0.5, 0.6) is 0 Å². The number of halogens is 3. The van der Waals surface area contributed by atoms with E-state index in [0.717, 1.165) is 12.8 Å². The quantitative estimate of drug-likeness (QED) is 0.704. The van der Waals surface area contributed by atoms with E-state index in [1.54, 1.807) is 0 Å². The Balaban J connectivity index is 4.31. The van der Waals surface area contributed by atoms with Gasteiger partial charge < -0.3 is 5.73 Å². The van der Waals surface area contributed by atoms with Gasteiger partial charge in [-0.1, -0.05) is 19.3 Å². The van der Waals surface area contributed by atoms with Gasteiger partial charge in [0.15, 0.2) is 0 Å². The molecule has 3 nitrogen and oxygen atoms in total. The first-order chi connectivity index (χ1) is 7.78. The smallest absolute Gasteiger partial charge is 0.330 e. The standard InChI is InChI=1S/C11H16F3N2O/c1-10(8-16,9(17)11(12,13)14)6-4-2-3-5-7-15/h1-7,15H2. The van der Waals surface area contributed by atoms with Crippen LogP contribution in [0.25, 0.3) is 0 Å². The third kappa shape index (κ3) is 5.18. The van der Waals surface area contributed by atoms with Crippen molar-refractivity contribution in [2.75, 3.05) is 6.54 Å². The molecule has 97 valence electrons. The van der Waals surface area contributed by atoms with Crippen LogP contribution in [0.4, 0.5) is 13.2 Å². The van der Waals surface area contributed by atoms with Crippen LogP contribution in [-0.4, -0.2) is 18.5 Å². The second-order valence-electron chi connectivity index (χ2n) is 3.97. The zero-order valence-corrected chi connectivity index (χ0v) is 9.52. The molecule has 0 bridgehead atoms. The van der Waals surface area contributed by atoms with Crippen LogP contribution >= 0.6 is 0 Å². The Labute approximate surface area is 98.8 Å². The van der Waals surface area contributed by atoms with Crippen molar-refractivity contribution in [1.29, 1.82) is 5.26 Å². The third-order valence-corrected chi connectivity index (χ3v) is 2.46. The summed E-state index contributed by atoms with van der Waals surface area (Å²) in [5, 5.41) is 8.67. The topological polar surface area (TPSA) is 66.9 Å². The Hall–Kier alpha value is -1.09. The van der Waals surface area contributed by atoms with Crippen molar-refractivity contribution in [1.82, 2.24) is 0 Å². The molecular formula is C11H16F3N2O. The highest BCUT2D eigenvalue weighted by Crippen LogP contribution is 2.33. The van der Waals surface area contributed by atoms with E-state index in [2.05, 4.69) is 6.92 Å². The van der Waals surface area contributed by atoms with Crippen molar-refractivity contribution in [3.05, 3.63) is 6.92 Å². The molecule has 0 amide bonds. The lowest BCUT2D eigenvalue weighted by Gasteiger charge is -2.20. The van der Waals surface area contributed by atoms with Crippen LogP contribution in [0.15, 0.2) is 0 Å². The molecule has 0 spiro atoms. The number of Topliss-reactive ketones (excluding diaryl/α,β-unsaturated/α-hetero) is 1. The number of carbonyl (C=O) groups excluding carboxylic acids is 1. The molecule has 0 rings (SSSR count). The molecule has 1 radical (unpaired) electrons. The van der Waals surface area contributed by atoms with Gasteiger partial charge in [-0.15, -0.1) is 0 Å². The van der Waals surface area contributed by atoms with E-state index in [1.807, 2.05) is 0 Å². The molecule has 6 heteroatoms. The monoisotopic (exact) mass is 249 g/mol. The number of unbranched alkanes of at least 4 members (excludes halogenated alkanes) is 3. The molecule has 17 heavy (non-hydrogen) atoms. The van der Waals surface area contributed by atoms with Crippen LogP contribution in [0.1, 0.15) is 32.1 Å². The molecular weight excluding hydrogens is 233 g/mol. The number of rotatable bonds is 7. The van der Waals surface area contributed by atoms with Crippen LogP contribution in [-0.2, 0) is 4.79 Å². The first-order valence-electron chi connectivity index (χ1n) is 5.36. The van der Waals surface area contributed by atoms with Gasteiger partial charge in [-0.2, -0.15) is 18.4 Å². The van der Waals surface area contributed by atoms with E-state index in [1.165, 1.54) is 6.07 Å². The summed E-state index contributed by atoms with van der Waals surface area (Å²) in [6.07, 6.45) is -2.62. The van der Waals surface area contributed by atoms with Gasteiger partial charge in [0.25, 0.3) is 5.78 Å². The molecule has 0 aliphatic rings. The second-order valence-corrected chi connectivity index (χ2v) is 3.97. The number of carbonyl (C=O) groups is 1. The molecule has 0 aromatic rings. The fraction of sp³-hybridized carbons (Fsp3) is 0.727. The molecule has 0 heterocycles. The first-order valence-corrected chi connectivity index (χ1v) is 5.36. The van der Waals surface area contributed by atoms with Crippen LogP contribution in [0, 0.1) is 23.7 Å². The Kier molecular flexibility index (Phi) is 6.18. The molecule has 0 aromatic carbocycles. The number of alkyl halides is 3. The maximum atomic E-state index is 12.2.